The Balaban J connectivity index is 2.05. The largest absolute Gasteiger partial charge is 0.388 e. The average Bonchev–Trinajstić information content (AvgIpc) is 2.78. The highest BCUT2D eigenvalue weighted by Crippen LogP contribution is 2.19. The van der Waals surface area contributed by atoms with Crippen molar-refractivity contribution >= 4 is 11.3 Å². The molecule has 0 aliphatic heterocycles. The second kappa shape index (κ2) is 5.23. The normalized spacial score (nSPS) is 12.6. The summed E-state index contributed by atoms with van der Waals surface area (Å²) in [5.41, 5.74) is 1.94. The number of nitrogens with zero attached hydrogens (tertiary/aromatic N) is 1. The zero-order chi connectivity index (χ0) is 11.4. The van der Waals surface area contributed by atoms with Crippen molar-refractivity contribution < 1.29 is 5.11 Å². The molecule has 84 valence electrons. The Morgan fingerprint density at radius 2 is 2.06 bits per heavy atom. The minimum absolute atomic E-state index is 0.451. The molecule has 2 nitrogen and oxygen atoms in total. The van der Waals surface area contributed by atoms with Gasteiger partial charge in [-0.05, 0) is 12.0 Å². The lowest BCUT2D eigenvalue weighted by molar-refractivity contribution is 0.177. The van der Waals surface area contributed by atoms with Gasteiger partial charge in [0.1, 0.15) is 0 Å². The van der Waals surface area contributed by atoms with E-state index in [9.17, 15) is 5.11 Å². The molecule has 16 heavy (non-hydrogen) atoms. The zero-order valence-corrected chi connectivity index (χ0v) is 10.1. The van der Waals surface area contributed by atoms with Crippen LogP contribution in [0.5, 0.6) is 0 Å². The lowest BCUT2D eigenvalue weighted by Crippen LogP contribution is -2.01. The van der Waals surface area contributed by atoms with Crippen LogP contribution in [0.15, 0.2) is 35.7 Å². The maximum absolute atomic E-state index is 10.0. The molecule has 2 aromatic rings. The minimum atomic E-state index is -0.451. The van der Waals surface area contributed by atoms with Gasteiger partial charge in [0.15, 0.2) is 0 Å². The molecule has 0 amide bonds. The van der Waals surface area contributed by atoms with E-state index < -0.39 is 6.10 Å². The van der Waals surface area contributed by atoms with Crippen LogP contribution >= 0.6 is 11.3 Å². The summed E-state index contributed by atoms with van der Waals surface area (Å²) in [6.45, 7) is 2.09. The molecule has 3 heteroatoms. The molecule has 1 unspecified atom stereocenters. The van der Waals surface area contributed by atoms with E-state index in [2.05, 4.69) is 11.9 Å². The third-order valence-electron chi connectivity index (χ3n) is 2.49. The number of aliphatic hydroxyl groups excluding tert-OH is 1. The second-order valence-electron chi connectivity index (χ2n) is 3.72. The highest BCUT2D eigenvalue weighted by Gasteiger charge is 2.10. The number of rotatable bonds is 4. The molecule has 0 aliphatic rings. The SMILES string of the molecule is CCc1nc(CC(O)c2ccccc2)cs1. The predicted octanol–water partition coefficient (Wildman–Crippen LogP) is 2.98. The zero-order valence-electron chi connectivity index (χ0n) is 9.26. The van der Waals surface area contributed by atoms with Gasteiger partial charge in [0.2, 0.25) is 0 Å². The Kier molecular flexibility index (Phi) is 3.70. The first kappa shape index (κ1) is 11.3. The number of hydrogen-bond acceptors (Lipinski definition) is 3. The molecule has 1 aromatic heterocycles. The summed E-state index contributed by atoms with van der Waals surface area (Å²) < 4.78 is 0. The Hall–Kier alpha value is -1.19. The first-order chi connectivity index (χ1) is 7.79. The molecule has 1 heterocycles. The topological polar surface area (TPSA) is 33.1 Å². The summed E-state index contributed by atoms with van der Waals surface area (Å²) in [5, 5.41) is 13.2. The fourth-order valence-corrected chi connectivity index (χ4v) is 2.35. The van der Waals surface area contributed by atoms with Crippen LogP contribution in [0.25, 0.3) is 0 Å². The van der Waals surface area contributed by atoms with Gasteiger partial charge in [-0.2, -0.15) is 0 Å². The molecule has 0 saturated carbocycles. The van der Waals surface area contributed by atoms with E-state index in [4.69, 9.17) is 0 Å². The summed E-state index contributed by atoms with van der Waals surface area (Å²) >= 11 is 1.66. The average molecular weight is 233 g/mol. The predicted molar refractivity (Wildman–Crippen MR) is 66.6 cm³/mol. The van der Waals surface area contributed by atoms with E-state index in [0.29, 0.717) is 6.42 Å². The fraction of sp³-hybridized carbons (Fsp3) is 0.308. The highest BCUT2D eigenvalue weighted by atomic mass is 32.1. The molecule has 1 atom stereocenters. The van der Waals surface area contributed by atoms with E-state index in [1.165, 1.54) is 0 Å². The molecule has 1 N–H and O–H groups in total. The minimum Gasteiger partial charge on any atom is -0.388 e. The number of aliphatic hydroxyl groups is 1. The lowest BCUT2D eigenvalue weighted by atomic mass is 10.1. The molecule has 0 aliphatic carbocycles. The van der Waals surface area contributed by atoms with Gasteiger partial charge in [-0.1, -0.05) is 37.3 Å². The summed E-state index contributed by atoms with van der Waals surface area (Å²) in [6, 6.07) is 9.72. The van der Waals surface area contributed by atoms with Crippen LogP contribution in [0.1, 0.15) is 29.3 Å². The van der Waals surface area contributed by atoms with Gasteiger partial charge in [0.05, 0.1) is 16.8 Å². The standard InChI is InChI=1S/C13H15NOS/c1-2-13-14-11(9-16-13)8-12(15)10-6-4-3-5-7-10/h3-7,9,12,15H,2,8H2,1H3. The van der Waals surface area contributed by atoms with Gasteiger partial charge in [-0.25, -0.2) is 4.98 Å². The van der Waals surface area contributed by atoms with Gasteiger partial charge in [0.25, 0.3) is 0 Å². The molecule has 0 saturated heterocycles. The number of hydrogen-bond donors (Lipinski definition) is 1. The van der Waals surface area contributed by atoms with Gasteiger partial charge >= 0.3 is 0 Å². The molecule has 1 aromatic carbocycles. The van der Waals surface area contributed by atoms with Crippen molar-refractivity contribution in [3.63, 3.8) is 0 Å². The van der Waals surface area contributed by atoms with Crippen molar-refractivity contribution in [2.45, 2.75) is 25.9 Å². The third kappa shape index (κ3) is 2.68. The van der Waals surface area contributed by atoms with Crippen molar-refractivity contribution in [3.05, 3.63) is 52.0 Å². The second-order valence-corrected chi connectivity index (χ2v) is 4.66. The van der Waals surface area contributed by atoms with Crippen molar-refractivity contribution in [3.8, 4) is 0 Å². The summed E-state index contributed by atoms with van der Waals surface area (Å²) in [4.78, 5) is 4.45. The summed E-state index contributed by atoms with van der Waals surface area (Å²) in [7, 11) is 0. The van der Waals surface area contributed by atoms with Crippen LogP contribution in [-0.4, -0.2) is 10.1 Å². The number of benzene rings is 1. The number of thiazole rings is 1. The van der Waals surface area contributed by atoms with Crippen molar-refractivity contribution in [2.75, 3.05) is 0 Å². The maximum Gasteiger partial charge on any atom is 0.0925 e. The molecule has 0 spiro atoms. The Labute approximate surface area is 99.6 Å². The van der Waals surface area contributed by atoms with Crippen LogP contribution in [0, 0.1) is 0 Å². The van der Waals surface area contributed by atoms with Crippen LogP contribution in [0.4, 0.5) is 0 Å². The Bertz CT molecular complexity index is 438. The van der Waals surface area contributed by atoms with Crippen molar-refractivity contribution in [1.29, 1.82) is 0 Å². The quantitative estimate of drug-likeness (QED) is 0.880. The first-order valence-corrected chi connectivity index (χ1v) is 6.34. The molecule has 0 radical (unpaired) electrons. The summed E-state index contributed by atoms with van der Waals surface area (Å²) in [6.07, 6.45) is 1.11. The van der Waals surface area contributed by atoms with Gasteiger partial charge in [-0.15, -0.1) is 11.3 Å². The molecular formula is C13H15NOS. The number of aromatic nitrogens is 1. The highest BCUT2D eigenvalue weighted by molar-refractivity contribution is 7.09. The van der Waals surface area contributed by atoms with Gasteiger partial charge < -0.3 is 5.11 Å². The first-order valence-electron chi connectivity index (χ1n) is 5.46. The van der Waals surface area contributed by atoms with Crippen LogP contribution < -0.4 is 0 Å². The number of aryl methyl sites for hydroxylation is 1. The van der Waals surface area contributed by atoms with E-state index in [0.717, 1.165) is 22.7 Å². The van der Waals surface area contributed by atoms with Gasteiger partial charge in [-0.3, -0.25) is 0 Å². The van der Waals surface area contributed by atoms with Gasteiger partial charge in [0, 0.05) is 11.8 Å². The maximum atomic E-state index is 10.0. The van der Waals surface area contributed by atoms with Crippen LogP contribution in [0.3, 0.4) is 0 Å². The third-order valence-corrected chi connectivity index (χ3v) is 3.53. The van der Waals surface area contributed by atoms with E-state index in [-0.39, 0.29) is 0 Å². The van der Waals surface area contributed by atoms with E-state index >= 15 is 0 Å². The smallest absolute Gasteiger partial charge is 0.0925 e. The fourth-order valence-electron chi connectivity index (χ4n) is 1.60. The molecule has 0 fully saturated rings. The molecular weight excluding hydrogens is 218 g/mol. The monoisotopic (exact) mass is 233 g/mol. The Morgan fingerprint density at radius 1 is 1.31 bits per heavy atom. The molecule has 2 rings (SSSR count). The van der Waals surface area contributed by atoms with E-state index in [1.807, 2.05) is 35.7 Å². The van der Waals surface area contributed by atoms with Crippen molar-refractivity contribution in [1.82, 2.24) is 4.98 Å². The Morgan fingerprint density at radius 3 is 2.69 bits per heavy atom. The molecule has 0 bridgehead atoms. The van der Waals surface area contributed by atoms with E-state index in [1.54, 1.807) is 11.3 Å². The summed E-state index contributed by atoms with van der Waals surface area (Å²) in [5.74, 6) is 0. The van der Waals surface area contributed by atoms with Crippen molar-refractivity contribution in [2.24, 2.45) is 0 Å². The van der Waals surface area contributed by atoms with Crippen LogP contribution in [-0.2, 0) is 12.8 Å². The van der Waals surface area contributed by atoms with Crippen LogP contribution in [0.2, 0.25) is 0 Å². The lowest BCUT2D eigenvalue weighted by Gasteiger charge is -2.08.